The van der Waals surface area contributed by atoms with Crippen LogP contribution in [0.25, 0.3) is 26.9 Å². The standard InChI is InChI=1S/C50H54ClN11O3S/c1-30-31(2)66-50-46(30)47(33-9-13-36(51)14-10-33)55-43(49-59-58-32(3)62(49)50)27-45(64)61-22-20-60(21-23-61)19-6-24-65-39-17-18-41-42(26-39)57-48(56-41)34-11-15-37(16-12-34)54-44(63)29-52-28-38-25-35-7-4-5-8-40(35)53-38/h4-5,7-11,13-15,17-18,25-26,34,37,43,52-53H,6,12,16,19-24,27-29H2,1-3H3,(H,54,63)(H,56,57)/t34-,37+,43+/m1/s1. The van der Waals surface area contributed by atoms with Gasteiger partial charge in [-0.05, 0) is 87.4 Å². The average Bonchev–Trinajstić information content (AvgIpc) is 4.09. The minimum absolute atomic E-state index is 0.000446. The van der Waals surface area contributed by atoms with Gasteiger partial charge in [0.2, 0.25) is 11.8 Å². The topological polar surface area (TPSA) is 161 Å². The molecule has 4 N–H and O–H groups in total. The summed E-state index contributed by atoms with van der Waals surface area (Å²) in [6.45, 7) is 11.5. The highest BCUT2D eigenvalue weighted by Gasteiger charge is 2.34. The second-order valence-electron chi connectivity index (χ2n) is 17.6. The number of hydrogen-bond donors (Lipinski definition) is 4. The van der Waals surface area contributed by atoms with Crippen molar-refractivity contribution in [2.45, 2.75) is 71.0 Å². The Morgan fingerprint density at radius 2 is 1.76 bits per heavy atom. The number of carbonyl (C=O) groups is 2. The SMILES string of the molecule is Cc1sc2c(c1C)C(c1ccc(Cl)cc1)=N[C@@H](CC(=O)N1CCN(CCCOc3ccc4nc([C@@H]5C=C[C@H](NC(=O)CNCc6cc7ccccc7[nH]6)CC5)[nH]c4c3)CC1)c1nnc(C)n1-2. The summed E-state index contributed by atoms with van der Waals surface area (Å²) in [5.74, 6) is 3.40. The van der Waals surface area contributed by atoms with Crippen LogP contribution in [0, 0.1) is 20.8 Å². The maximum absolute atomic E-state index is 14.0. The monoisotopic (exact) mass is 923 g/mol. The summed E-state index contributed by atoms with van der Waals surface area (Å²) >= 11 is 8.00. The molecular weight excluding hydrogens is 870 g/mol. The number of rotatable bonds is 14. The maximum atomic E-state index is 14.0. The summed E-state index contributed by atoms with van der Waals surface area (Å²) in [4.78, 5) is 49.3. The lowest BCUT2D eigenvalue weighted by Gasteiger charge is -2.35. The summed E-state index contributed by atoms with van der Waals surface area (Å²) in [7, 11) is 0. The van der Waals surface area contributed by atoms with Crippen molar-refractivity contribution in [3.05, 3.63) is 135 Å². The molecule has 0 radical (unpaired) electrons. The van der Waals surface area contributed by atoms with Crippen molar-refractivity contribution in [1.29, 1.82) is 0 Å². The van der Waals surface area contributed by atoms with Gasteiger partial charge in [-0.2, -0.15) is 0 Å². The van der Waals surface area contributed by atoms with Crippen molar-refractivity contribution >= 4 is 62.4 Å². The van der Waals surface area contributed by atoms with Crippen molar-refractivity contribution < 1.29 is 14.3 Å². The van der Waals surface area contributed by atoms with E-state index in [4.69, 9.17) is 26.3 Å². The fraction of sp³-hybridized carbons (Fsp3) is 0.360. The van der Waals surface area contributed by atoms with Gasteiger partial charge in [0.1, 0.15) is 28.4 Å². The van der Waals surface area contributed by atoms with Crippen LogP contribution in [0.3, 0.4) is 0 Å². The van der Waals surface area contributed by atoms with Gasteiger partial charge in [-0.1, -0.05) is 54.1 Å². The van der Waals surface area contributed by atoms with Gasteiger partial charge in [0.25, 0.3) is 0 Å². The van der Waals surface area contributed by atoms with Gasteiger partial charge in [0, 0.05) is 89.5 Å². The molecule has 0 unspecified atom stereocenters. The molecule has 16 heteroatoms. The Hall–Kier alpha value is -6.13. The number of aromatic amines is 2. The van der Waals surface area contributed by atoms with Gasteiger partial charge in [0.15, 0.2) is 5.82 Å². The molecule has 1 aliphatic carbocycles. The van der Waals surface area contributed by atoms with Gasteiger partial charge >= 0.3 is 0 Å². The molecule has 1 fully saturated rings. The van der Waals surface area contributed by atoms with Crippen LogP contribution in [0.4, 0.5) is 0 Å². The Balaban J connectivity index is 0.676. The van der Waals surface area contributed by atoms with E-state index >= 15 is 0 Å². The number of imidazole rings is 1. The number of hydrogen-bond acceptors (Lipinski definition) is 10. The molecule has 10 rings (SSSR count). The Labute approximate surface area is 392 Å². The molecule has 1 saturated heterocycles. The van der Waals surface area contributed by atoms with Gasteiger partial charge in [-0.3, -0.25) is 24.0 Å². The van der Waals surface area contributed by atoms with Crippen LogP contribution >= 0.6 is 22.9 Å². The van der Waals surface area contributed by atoms with E-state index in [-0.39, 0.29) is 36.7 Å². The third-order valence-corrected chi connectivity index (χ3v) is 14.5. The number of nitrogens with one attached hydrogen (secondary N) is 4. The maximum Gasteiger partial charge on any atom is 0.234 e. The summed E-state index contributed by atoms with van der Waals surface area (Å²) < 4.78 is 8.30. The normalized spacial score (nSPS) is 18.6. The number of nitrogens with zero attached hydrogens (tertiary/aromatic N) is 7. The van der Waals surface area contributed by atoms with E-state index in [1.807, 2.05) is 66.4 Å². The summed E-state index contributed by atoms with van der Waals surface area (Å²) in [5, 5.41) is 18.3. The number of para-hydroxylation sites is 1. The van der Waals surface area contributed by atoms with Gasteiger partial charge in [-0.15, -0.1) is 21.5 Å². The quantitative estimate of drug-likeness (QED) is 0.0634. The van der Waals surface area contributed by atoms with Crippen molar-refractivity contribution in [3.63, 3.8) is 0 Å². The molecule has 2 aliphatic heterocycles. The molecule has 2 amide bonds. The van der Waals surface area contributed by atoms with Gasteiger partial charge < -0.3 is 30.2 Å². The summed E-state index contributed by atoms with van der Waals surface area (Å²) in [5.41, 5.74) is 8.03. The first-order valence-corrected chi connectivity index (χ1v) is 24.1. The predicted molar refractivity (Wildman–Crippen MR) is 260 cm³/mol. The third-order valence-electron chi connectivity index (χ3n) is 13.1. The number of aryl methyl sites for hydroxylation is 2. The summed E-state index contributed by atoms with van der Waals surface area (Å²) in [6.07, 6.45) is 7.05. The van der Waals surface area contributed by atoms with Gasteiger partial charge in [-0.25, -0.2) is 4.98 Å². The molecule has 3 aromatic carbocycles. The first-order valence-electron chi connectivity index (χ1n) is 22.9. The van der Waals surface area contributed by atoms with Crippen LogP contribution in [0.1, 0.15) is 82.4 Å². The zero-order valence-corrected chi connectivity index (χ0v) is 39.0. The molecule has 6 heterocycles. The largest absolute Gasteiger partial charge is 0.493 e. The Morgan fingerprint density at radius 1 is 0.924 bits per heavy atom. The van der Waals surface area contributed by atoms with Crippen LogP contribution in [-0.4, -0.2) is 109 Å². The van der Waals surface area contributed by atoms with Crippen molar-refractivity contribution in [3.8, 4) is 10.8 Å². The number of ether oxygens (including phenoxy) is 1. The first kappa shape index (κ1) is 43.7. The molecule has 66 heavy (non-hydrogen) atoms. The molecule has 0 spiro atoms. The average molecular weight is 925 g/mol. The highest BCUT2D eigenvalue weighted by molar-refractivity contribution is 7.15. The van der Waals surface area contributed by atoms with Crippen molar-refractivity contribution in [2.24, 2.45) is 4.99 Å². The number of benzene rings is 3. The Bertz CT molecular complexity index is 2920. The van der Waals surface area contributed by atoms with Crippen molar-refractivity contribution in [1.82, 2.24) is 50.1 Å². The van der Waals surface area contributed by atoms with E-state index in [2.05, 4.69) is 84.5 Å². The van der Waals surface area contributed by atoms with E-state index in [0.29, 0.717) is 37.1 Å². The van der Waals surface area contributed by atoms with Crippen LogP contribution in [0.2, 0.25) is 5.02 Å². The minimum Gasteiger partial charge on any atom is -0.493 e. The number of fused-ring (bicyclic) bond motifs is 5. The second kappa shape index (κ2) is 19.0. The van der Waals surface area contributed by atoms with Crippen molar-refractivity contribution in [2.75, 3.05) is 45.9 Å². The van der Waals surface area contributed by atoms with Gasteiger partial charge in [0.05, 0.1) is 36.3 Å². The lowest BCUT2D eigenvalue weighted by molar-refractivity contribution is -0.133. The highest BCUT2D eigenvalue weighted by Crippen LogP contribution is 2.40. The predicted octanol–water partition coefficient (Wildman–Crippen LogP) is 7.87. The number of amides is 2. The van der Waals surface area contributed by atoms with Crippen LogP contribution in [-0.2, 0) is 16.1 Å². The van der Waals surface area contributed by atoms with E-state index in [0.717, 1.165) is 100 Å². The smallest absolute Gasteiger partial charge is 0.234 e. The fourth-order valence-electron chi connectivity index (χ4n) is 9.37. The number of carbonyl (C=O) groups excluding carboxylic acids is 2. The molecule has 4 aromatic heterocycles. The molecule has 340 valence electrons. The number of thiophene rings is 1. The number of piperazine rings is 1. The minimum atomic E-state index is -0.486. The molecule has 3 aliphatic rings. The fourth-order valence-corrected chi connectivity index (χ4v) is 10.7. The zero-order chi connectivity index (χ0) is 45.3. The first-order chi connectivity index (χ1) is 32.1. The number of aromatic nitrogens is 6. The Kier molecular flexibility index (Phi) is 12.6. The molecule has 0 bridgehead atoms. The summed E-state index contributed by atoms with van der Waals surface area (Å²) in [6, 6.07) is 23.6. The number of aliphatic imine (C=N–C) groups is 1. The number of allylic oxidation sites excluding steroid dienone is 1. The number of H-pyrrole nitrogens is 2. The lowest BCUT2D eigenvalue weighted by Crippen LogP contribution is -2.49. The molecule has 14 nitrogen and oxygen atoms in total. The lowest BCUT2D eigenvalue weighted by atomic mass is 9.92. The van der Waals surface area contributed by atoms with E-state index in [1.165, 1.54) is 15.8 Å². The Morgan fingerprint density at radius 3 is 2.56 bits per heavy atom. The molecule has 0 saturated carbocycles. The van der Waals surface area contributed by atoms with Crippen LogP contribution < -0.4 is 15.4 Å². The molecule has 7 aromatic rings. The van der Waals surface area contributed by atoms with Crippen LogP contribution in [0.15, 0.2) is 89.9 Å². The zero-order valence-electron chi connectivity index (χ0n) is 37.4. The number of halogens is 1. The second-order valence-corrected chi connectivity index (χ2v) is 19.2. The molecule has 3 atom stereocenters. The molecular formula is C50H54ClN11O3S. The van der Waals surface area contributed by atoms with E-state index < -0.39 is 6.04 Å². The third kappa shape index (κ3) is 9.30. The highest BCUT2D eigenvalue weighted by atomic mass is 35.5. The van der Waals surface area contributed by atoms with E-state index in [9.17, 15) is 9.59 Å². The van der Waals surface area contributed by atoms with E-state index in [1.54, 1.807) is 11.3 Å². The van der Waals surface area contributed by atoms with Crippen LogP contribution in [0.5, 0.6) is 5.75 Å².